The van der Waals surface area contributed by atoms with Crippen LogP contribution in [0.3, 0.4) is 0 Å². The molecule has 288 valence electrons. The Hall–Kier alpha value is -5.36. The average Bonchev–Trinajstić information content (AvgIpc) is 3.06. The van der Waals surface area contributed by atoms with Crippen molar-refractivity contribution in [3.8, 4) is 0 Å². The van der Waals surface area contributed by atoms with Gasteiger partial charge in [0, 0.05) is 20.9 Å². The van der Waals surface area contributed by atoms with Crippen LogP contribution < -0.4 is 22.9 Å². The number of hydrogen-bond acceptors (Lipinski definition) is 5. The van der Waals surface area contributed by atoms with Gasteiger partial charge < -0.3 is 22.9 Å². The molecule has 0 unspecified atom stereocenters. The third-order valence-corrected chi connectivity index (χ3v) is 10.4. The van der Waals surface area contributed by atoms with Crippen molar-refractivity contribution < 1.29 is 44.3 Å². The SMILES string of the molecule is CCc1cc(S(=O)(=O)c2cccc(C)c2)c(C(F)(F)F)cc1C(=O)N=C(N)N.CCc1cc(Sc2cccc(C)c2)c(C(F)(F)F)cc1C(=O)N=C(N)N. The molecule has 4 rings (SSSR count). The van der Waals surface area contributed by atoms with Crippen molar-refractivity contribution in [3.63, 3.8) is 0 Å². The first-order chi connectivity index (χ1) is 25.0. The maximum atomic E-state index is 13.7. The second-order valence-corrected chi connectivity index (χ2v) is 14.7. The van der Waals surface area contributed by atoms with E-state index in [2.05, 4.69) is 9.98 Å². The summed E-state index contributed by atoms with van der Waals surface area (Å²) < 4.78 is 108. The number of hydrogen-bond donors (Lipinski definition) is 4. The molecular weight excluding hydrogens is 759 g/mol. The van der Waals surface area contributed by atoms with Crippen molar-refractivity contribution in [2.45, 2.75) is 72.5 Å². The summed E-state index contributed by atoms with van der Waals surface area (Å²) in [5.41, 5.74) is 19.7. The van der Waals surface area contributed by atoms with E-state index in [0.717, 1.165) is 29.5 Å². The molecule has 0 aliphatic rings. The van der Waals surface area contributed by atoms with Gasteiger partial charge in [0.1, 0.15) is 0 Å². The molecule has 54 heavy (non-hydrogen) atoms. The van der Waals surface area contributed by atoms with E-state index >= 15 is 0 Å². The molecule has 0 fully saturated rings. The second-order valence-electron chi connectivity index (χ2n) is 11.6. The molecule has 0 heterocycles. The van der Waals surface area contributed by atoms with Crippen molar-refractivity contribution in [1.82, 2.24) is 0 Å². The van der Waals surface area contributed by atoms with E-state index in [1.54, 1.807) is 45.0 Å². The number of rotatable bonds is 8. The fourth-order valence-corrected chi connectivity index (χ4v) is 7.79. The molecule has 0 saturated carbocycles. The van der Waals surface area contributed by atoms with Crippen LogP contribution in [-0.4, -0.2) is 32.2 Å². The number of aryl methyl sites for hydroxylation is 4. The molecule has 10 nitrogen and oxygen atoms in total. The van der Waals surface area contributed by atoms with Crippen molar-refractivity contribution >= 4 is 45.3 Å². The Labute approximate surface area is 311 Å². The van der Waals surface area contributed by atoms with Gasteiger partial charge in [0.15, 0.2) is 11.9 Å². The number of sulfone groups is 1. The van der Waals surface area contributed by atoms with Crippen LogP contribution in [0.25, 0.3) is 0 Å². The highest BCUT2D eigenvalue weighted by atomic mass is 32.2. The van der Waals surface area contributed by atoms with Gasteiger partial charge in [0.2, 0.25) is 9.84 Å². The molecule has 0 atom stereocenters. The first-order valence-corrected chi connectivity index (χ1v) is 18.1. The summed E-state index contributed by atoms with van der Waals surface area (Å²) >= 11 is 1.00. The first kappa shape index (κ1) is 43.0. The number of guanidine groups is 2. The van der Waals surface area contributed by atoms with E-state index in [-0.39, 0.29) is 27.3 Å². The number of alkyl halides is 6. The molecule has 2 amide bonds. The smallest absolute Gasteiger partial charge is 0.370 e. The predicted octanol–water partition coefficient (Wildman–Crippen LogP) is 6.96. The number of nitrogens with zero attached hydrogens (tertiary/aromatic N) is 2. The Balaban J connectivity index is 0.000000291. The Kier molecular flexibility index (Phi) is 13.7. The van der Waals surface area contributed by atoms with Crippen LogP contribution in [0, 0.1) is 13.8 Å². The molecule has 0 radical (unpaired) electrons. The van der Waals surface area contributed by atoms with Crippen LogP contribution in [0.1, 0.15) is 67.9 Å². The van der Waals surface area contributed by atoms with Crippen LogP contribution in [-0.2, 0) is 35.0 Å². The topological polar surface area (TPSA) is 197 Å². The van der Waals surface area contributed by atoms with Crippen LogP contribution >= 0.6 is 11.8 Å². The first-order valence-electron chi connectivity index (χ1n) is 15.8. The Morgan fingerprint density at radius 1 is 0.667 bits per heavy atom. The number of aliphatic imine (C=N–C) groups is 2. The summed E-state index contributed by atoms with van der Waals surface area (Å²) in [6, 6.07) is 16.3. The Morgan fingerprint density at radius 2 is 1.13 bits per heavy atom. The van der Waals surface area contributed by atoms with E-state index < -0.39 is 67.5 Å². The summed E-state index contributed by atoms with van der Waals surface area (Å²) in [4.78, 5) is 30.4. The fourth-order valence-electron chi connectivity index (χ4n) is 5.05. The molecule has 0 aliphatic carbocycles. The summed E-state index contributed by atoms with van der Waals surface area (Å²) in [5.74, 6) is -3.08. The molecule has 4 aromatic rings. The van der Waals surface area contributed by atoms with E-state index in [9.17, 15) is 44.3 Å². The van der Waals surface area contributed by atoms with Gasteiger partial charge in [-0.05, 0) is 91.9 Å². The summed E-state index contributed by atoms with van der Waals surface area (Å²) in [5, 5.41) is 0. The summed E-state index contributed by atoms with van der Waals surface area (Å²) in [6.07, 6.45) is -9.19. The van der Waals surface area contributed by atoms with Gasteiger partial charge in [-0.15, -0.1) is 0 Å². The standard InChI is InChI=1S/C18H18F3N3O3S.C18H18F3N3OS/c1-3-11-8-15(28(26,27)12-6-4-5-10(2)7-12)14(18(19,20)21)9-13(11)16(25)24-17(22)23;1-3-11-8-15(26-12-6-4-5-10(2)7-12)14(18(19,20)21)9-13(11)16(25)24-17(22)23/h4-9H,3H2,1-2H3,(H4,22,23,24,25);4-9H,3H2,1-2H3,(H4,22,23,24,25). The van der Waals surface area contributed by atoms with Gasteiger partial charge in [0.25, 0.3) is 11.8 Å². The third-order valence-electron chi connectivity index (χ3n) is 7.51. The fraction of sp³-hybridized carbons (Fsp3) is 0.222. The molecular formula is C36H36F6N6O4S2. The normalized spacial score (nSPS) is 11.6. The van der Waals surface area contributed by atoms with Crippen LogP contribution in [0.15, 0.2) is 102 Å². The van der Waals surface area contributed by atoms with E-state index in [4.69, 9.17) is 22.9 Å². The number of amides is 2. The van der Waals surface area contributed by atoms with E-state index in [1.807, 2.05) is 13.0 Å². The lowest BCUT2D eigenvalue weighted by Crippen LogP contribution is -2.25. The van der Waals surface area contributed by atoms with Crippen molar-refractivity contribution in [1.29, 1.82) is 0 Å². The highest BCUT2D eigenvalue weighted by molar-refractivity contribution is 7.99. The van der Waals surface area contributed by atoms with Crippen molar-refractivity contribution in [2.75, 3.05) is 0 Å². The minimum absolute atomic E-state index is 0.0289. The number of carbonyl (C=O) groups is 2. The lowest BCUT2D eigenvalue weighted by atomic mass is 10.0. The third kappa shape index (κ3) is 10.8. The minimum atomic E-state index is -5.02. The van der Waals surface area contributed by atoms with Crippen LogP contribution in [0.4, 0.5) is 26.3 Å². The zero-order valence-electron chi connectivity index (χ0n) is 29.3. The van der Waals surface area contributed by atoms with Gasteiger partial charge in [-0.25, -0.2) is 8.42 Å². The van der Waals surface area contributed by atoms with Gasteiger partial charge in [-0.3, -0.25) is 9.59 Å². The van der Waals surface area contributed by atoms with E-state index in [1.165, 1.54) is 24.3 Å². The van der Waals surface area contributed by atoms with Crippen molar-refractivity contribution in [3.05, 3.63) is 117 Å². The Bertz CT molecular complexity index is 2230. The number of benzene rings is 4. The van der Waals surface area contributed by atoms with Crippen LogP contribution in [0.5, 0.6) is 0 Å². The lowest BCUT2D eigenvalue weighted by Gasteiger charge is -2.17. The molecule has 0 saturated heterocycles. The highest BCUT2D eigenvalue weighted by Gasteiger charge is 2.39. The molecule has 0 bridgehead atoms. The largest absolute Gasteiger partial charge is 0.417 e. The maximum absolute atomic E-state index is 13.7. The van der Waals surface area contributed by atoms with Gasteiger partial charge >= 0.3 is 12.4 Å². The minimum Gasteiger partial charge on any atom is -0.370 e. The Morgan fingerprint density at radius 3 is 1.57 bits per heavy atom. The van der Waals surface area contributed by atoms with E-state index in [0.29, 0.717) is 28.5 Å². The molecule has 0 aliphatic heterocycles. The summed E-state index contributed by atoms with van der Waals surface area (Å²) in [7, 11) is -4.49. The lowest BCUT2D eigenvalue weighted by molar-refractivity contribution is -0.140. The zero-order chi connectivity index (χ0) is 40.8. The molecule has 18 heteroatoms. The highest BCUT2D eigenvalue weighted by Crippen LogP contribution is 2.42. The molecule has 0 aromatic heterocycles. The number of halogens is 6. The molecule has 4 aromatic carbocycles. The monoisotopic (exact) mass is 794 g/mol. The average molecular weight is 795 g/mol. The number of carbonyl (C=O) groups excluding carboxylic acids is 2. The second kappa shape index (κ2) is 17.2. The van der Waals surface area contributed by atoms with Crippen LogP contribution in [0.2, 0.25) is 0 Å². The van der Waals surface area contributed by atoms with Crippen molar-refractivity contribution in [2.24, 2.45) is 32.9 Å². The predicted molar refractivity (Wildman–Crippen MR) is 194 cm³/mol. The van der Waals surface area contributed by atoms with Gasteiger partial charge in [-0.1, -0.05) is 55.4 Å². The quantitative estimate of drug-likeness (QED) is 0.0828. The molecule has 8 N–H and O–H groups in total. The number of nitrogens with two attached hydrogens (primary N) is 4. The molecule has 0 spiro atoms. The summed E-state index contributed by atoms with van der Waals surface area (Å²) in [6.45, 7) is 6.80. The van der Waals surface area contributed by atoms with Gasteiger partial charge in [-0.2, -0.15) is 36.3 Å². The maximum Gasteiger partial charge on any atom is 0.417 e. The van der Waals surface area contributed by atoms with Gasteiger partial charge in [0.05, 0.1) is 20.9 Å². The zero-order valence-corrected chi connectivity index (χ0v) is 30.9.